The molecular formula is C26H29N3O5. The molecule has 3 rings (SSSR count). The molecule has 8 heteroatoms. The molecule has 1 unspecified atom stereocenters. The van der Waals surface area contributed by atoms with Crippen molar-refractivity contribution in [2.45, 2.75) is 40.3 Å². The van der Waals surface area contributed by atoms with Crippen molar-refractivity contribution in [2.24, 2.45) is 0 Å². The van der Waals surface area contributed by atoms with E-state index >= 15 is 0 Å². The minimum Gasteiger partial charge on any atom is -0.497 e. The average molecular weight is 464 g/mol. The molecule has 2 aromatic heterocycles. The first kappa shape index (κ1) is 24.7. The Labute approximate surface area is 198 Å². The van der Waals surface area contributed by atoms with Crippen molar-refractivity contribution in [2.75, 3.05) is 13.7 Å². The van der Waals surface area contributed by atoms with Crippen LogP contribution in [0.3, 0.4) is 0 Å². The van der Waals surface area contributed by atoms with Crippen LogP contribution in [0.1, 0.15) is 62.0 Å². The Hall–Kier alpha value is -3.94. The molecule has 0 radical (unpaired) electrons. The Morgan fingerprint density at radius 1 is 1.09 bits per heavy atom. The molecule has 0 bridgehead atoms. The van der Waals surface area contributed by atoms with Crippen molar-refractivity contribution in [3.8, 4) is 5.75 Å². The normalized spacial score (nSPS) is 11.6. The molecule has 0 aliphatic heterocycles. The second kappa shape index (κ2) is 10.8. The van der Waals surface area contributed by atoms with Gasteiger partial charge in [-0.05, 0) is 69.7 Å². The lowest BCUT2D eigenvalue weighted by molar-refractivity contribution is 0.0518. The third kappa shape index (κ3) is 5.17. The number of methoxy groups -OCH3 is 1. The van der Waals surface area contributed by atoms with E-state index in [1.165, 1.54) is 4.90 Å². The first-order valence-corrected chi connectivity index (χ1v) is 11.0. The maximum atomic E-state index is 13.6. The molecule has 3 aromatic rings. The monoisotopic (exact) mass is 463 g/mol. The van der Waals surface area contributed by atoms with E-state index < -0.39 is 12.0 Å². The van der Waals surface area contributed by atoms with Gasteiger partial charge in [-0.25, -0.2) is 4.79 Å². The summed E-state index contributed by atoms with van der Waals surface area (Å²) in [6, 6.07) is 11.3. The van der Waals surface area contributed by atoms with E-state index in [-0.39, 0.29) is 30.5 Å². The highest BCUT2D eigenvalue weighted by atomic mass is 16.5. The second-order valence-electron chi connectivity index (χ2n) is 7.87. The molecule has 1 amide bonds. The van der Waals surface area contributed by atoms with Gasteiger partial charge in [-0.2, -0.15) is 0 Å². The number of benzene rings is 1. The Bertz CT molecular complexity index is 1170. The summed E-state index contributed by atoms with van der Waals surface area (Å²) in [5.41, 5.74) is 2.75. The Morgan fingerprint density at radius 2 is 1.79 bits per heavy atom. The fourth-order valence-corrected chi connectivity index (χ4v) is 3.83. The standard InChI is InChI=1S/C26H29N3O5/c1-6-34-26(32)23-16(2)22(17(3)28-23)24(30)18(4)29(15-20-9-7-8-14-27-20)25(31)19-10-12-21(33-5)13-11-19/h7-14,18,28H,6,15H2,1-5H3. The van der Waals surface area contributed by atoms with Crippen LogP contribution in [-0.4, -0.2) is 52.3 Å². The van der Waals surface area contributed by atoms with Crippen molar-refractivity contribution in [1.82, 2.24) is 14.9 Å². The molecule has 1 N–H and O–H groups in total. The Kier molecular flexibility index (Phi) is 7.83. The van der Waals surface area contributed by atoms with E-state index in [9.17, 15) is 14.4 Å². The zero-order valence-electron chi connectivity index (χ0n) is 20.0. The number of carbonyl (C=O) groups excluding carboxylic acids is 3. The number of ether oxygens (including phenoxy) is 2. The minimum absolute atomic E-state index is 0.145. The predicted molar refractivity (Wildman–Crippen MR) is 127 cm³/mol. The molecule has 34 heavy (non-hydrogen) atoms. The SMILES string of the molecule is CCOC(=O)c1[nH]c(C)c(C(=O)C(C)N(Cc2ccccn2)C(=O)c2ccc(OC)cc2)c1C. The zero-order chi connectivity index (χ0) is 24.8. The van der Waals surface area contributed by atoms with Gasteiger partial charge < -0.3 is 19.4 Å². The van der Waals surface area contributed by atoms with Crippen LogP contribution in [0.2, 0.25) is 0 Å². The number of pyridine rings is 1. The molecule has 0 spiro atoms. The van der Waals surface area contributed by atoms with Crippen LogP contribution in [0, 0.1) is 13.8 Å². The van der Waals surface area contributed by atoms with Gasteiger partial charge in [0, 0.05) is 23.0 Å². The van der Waals surface area contributed by atoms with Gasteiger partial charge in [-0.1, -0.05) is 6.07 Å². The number of hydrogen-bond donors (Lipinski definition) is 1. The highest BCUT2D eigenvalue weighted by Gasteiger charge is 2.32. The summed E-state index contributed by atoms with van der Waals surface area (Å²) >= 11 is 0. The molecule has 0 aliphatic rings. The first-order valence-electron chi connectivity index (χ1n) is 11.0. The third-order valence-corrected chi connectivity index (χ3v) is 5.67. The number of rotatable bonds is 9. The summed E-state index contributed by atoms with van der Waals surface area (Å²) in [6.45, 7) is 7.20. The number of amides is 1. The van der Waals surface area contributed by atoms with Crippen LogP contribution in [0.4, 0.5) is 0 Å². The smallest absolute Gasteiger partial charge is 0.355 e. The number of hydrogen-bond acceptors (Lipinski definition) is 6. The van der Waals surface area contributed by atoms with E-state index in [1.54, 1.807) is 77.4 Å². The van der Waals surface area contributed by atoms with Crippen molar-refractivity contribution in [1.29, 1.82) is 0 Å². The molecule has 0 fully saturated rings. The van der Waals surface area contributed by atoms with Gasteiger partial charge in [-0.15, -0.1) is 0 Å². The van der Waals surface area contributed by atoms with E-state index in [1.807, 2.05) is 6.07 Å². The number of nitrogens with zero attached hydrogens (tertiary/aromatic N) is 2. The van der Waals surface area contributed by atoms with E-state index in [0.29, 0.717) is 33.8 Å². The van der Waals surface area contributed by atoms with Crippen LogP contribution < -0.4 is 4.74 Å². The van der Waals surface area contributed by atoms with Crippen molar-refractivity contribution >= 4 is 17.7 Å². The summed E-state index contributed by atoms with van der Waals surface area (Å²) in [5.74, 6) is -0.485. The number of carbonyl (C=O) groups is 3. The first-order chi connectivity index (χ1) is 16.3. The summed E-state index contributed by atoms with van der Waals surface area (Å²) in [4.78, 5) is 48.2. The Morgan fingerprint density at radius 3 is 2.38 bits per heavy atom. The molecule has 0 saturated heterocycles. The largest absolute Gasteiger partial charge is 0.497 e. The van der Waals surface area contributed by atoms with Gasteiger partial charge in [-0.3, -0.25) is 14.6 Å². The number of esters is 1. The van der Waals surface area contributed by atoms with Crippen molar-refractivity contribution in [3.63, 3.8) is 0 Å². The third-order valence-electron chi connectivity index (χ3n) is 5.67. The molecule has 178 valence electrons. The van der Waals surface area contributed by atoms with Gasteiger partial charge in [0.15, 0.2) is 5.78 Å². The maximum Gasteiger partial charge on any atom is 0.355 e. The van der Waals surface area contributed by atoms with Gasteiger partial charge in [0.1, 0.15) is 11.4 Å². The van der Waals surface area contributed by atoms with Crippen molar-refractivity contribution in [3.05, 3.63) is 82.4 Å². The molecule has 1 atom stereocenters. The molecule has 8 nitrogen and oxygen atoms in total. The Balaban J connectivity index is 1.97. The highest BCUT2D eigenvalue weighted by Crippen LogP contribution is 2.24. The lowest BCUT2D eigenvalue weighted by Crippen LogP contribution is -2.43. The van der Waals surface area contributed by atoms with E-state index in [0.717, 1.165) is 0 Å². The van der Waals surface area contributed by atoms with E-state index in [2.05, 4.69) is 9.97 Å². The maximum absolute atomic E-state index is 13.6. The van der Waals surface area contributed by atoms with Gasteiger partial charge in [0.2, 0.25) is 0 Å². The number of aryl methyl sites for hydroxylation is 1. The number of H-pyrrole nitrogens is 1. The summed E-state index contributed by atoms with van der Waals surface area (Å²) < 4.78 is 10.3. The van der Waals surface area contributed by atoms with Crippen LogP contribution in [-0.2, 0) is 11.3 Å². The number of Topliss-reactive ketones (excluding diaryl/α,β-unsaturated/α-hetero) is 1. The lowest BCUT2D eigenvalue weighted by Gasteiger charge is -2.28. The van der Waals surface area contributed by atoms with Crippen LogP contribution in [0.25, 0.3) is 0 Å². The van der Waals surface area contributed by atoms with Crippen LogP contribution in [0.5, 0.6) is 5.75 Å². The fraction of sp³-hybridized carbons (Fsp3) is 0.308. The van der Waals surface area contributed by atoms with Gasteiger partial charge in [0.05, 0.1) is 32.0 Å². The van der Waals surface area contributed by atoms with E-state index in [4.69, 9.17) is 9.47 Å². The summed E-state index contributed by atoms with van der Waals surface area (Å²) in [6.07, 6.45) is 1.64. The average Bonchev–Trinajstić information content (AvgIpc) is 3.15. The minimum atomic E-state index is -0.820. The molecular weight excluding hydrogens is 434 g/mol. The fourth-order valence-electron chi connectivity index (χ4n) is 3.83. The molecule has 0 aliphatic carbocycles. The van der Waals surface area contributed by atoms with Crippen molar-refractivity contribution < 1.29 is 23.9 Å². The summed E-state index contributed by atoms with van der Waals surface area (Å²) in [5, 5.41) is 0. The lowest BCUT2D eigenvalue weighted by atomic mass is 9.99. The van der Waals surface area contributed by atoms with Gasteiger partial charge in [0.25, 0.3) is 5.91 Å². The topological polar surface area (TPSA) is 102 Å². The van der Waals surface area contributed by atoms with Gasteiger partial charge >= 0.3 is 5.97 Å². The second-order valence-corrected chi connectivity index (χ2v) is 7.87. The molecule has 1 aromatic carbocycles. The molecule has 2 heterocycles. The van der Waals surface area contributed by atoms with Crippen LogP contribution >= 0.6 is 0 Å². The quantitative estimate of drug-likeness (QED) is 0.378. The van der Waals surface area contributed by atoms with Crippen LogP contribution in [0.15, 0.2) is 48.7 Å². The number of aromatic nitrogens is 2. The number of nitrogens with one attached hydrogen (secondary N) is 1. The highest BCUT2D eigenvalue weighted by molar-refractivity contribution is 6.07. The number of ketones is 1. The predicted octanol–water partition coefficient (Wildman–Crippen LogP) is 4.13. The molecule has 0 saturated carbocycles. The zero-order valence-corrected chi connectivity index (χ0v) is 20.0. The number of aromatic amines is 1. The summed E-state index contributed by atoms with van der Waals surface area (Å²) in [7, 11) is 1.55.